The molecule has 0 radical (unpaired) electrons. The molecule has 1 heterocycles. The first-order valence-corrected chi connectivity index (χ1v) is 7.22. The van der Waals surface area contributed by atoms with Gasteiger partial charge in [-0.25, -0.2) is 4.79 Å². The van der Waals surface area contributed by atoms with E-state index < -0.39 is 0 Å². The lowest BCUT2D eigenvalue weighted by atomic mass is 10.2. The fourth-order valence-corrected chi connectivity index (χ4v) is 2.75. The number of carbonyl (C=O) groups is 1. The van der Waals surface area contributed by atoms with Crippen LogP contribution in [0.25, 0.3) is 0 Å². The molecule has 3 N–H and O–H groups in total. The van der Waals surface area contributed by atoms with Crippen LogP contribution in [-0.2, 0) is 0 Å². The van der Waals surface area contributed by atoms with Crippen LogP contribution in [0.3, 0.4) is 0 Å². The number of nitrogens with one attached hydrogen (secondary N) is 1. The summed E-state index contributed by atoms with van der Waals surface area (Å²) in [7, 11) is 1.84. The minimum Gasteiger partial charge on any atom is -0.399 e. The molecule has 1 aliphatic heterocycles. The lowest BCUT2D eigenvalue weighted by Gasteiger charge is -2.27. The van der Waals surface area contributed by atoms with Crippen molar-refractivity contribution >= 4 is 17.4 Å². The molecule has 1 aromatic carbocycles. The van der Waals surface area contributed by atoms with Crippen molar-refractivity contribution in [2.24, 2.45) is 0 Å². The van der Waals surface area contributed by atoms with Crippen LogP contribution in [0, 0.1) is 0 Å². The highest BCUT2D eigenvalue weighted by Gasteiger charge is 2.25. The molecule has 5 heteroatoms. The number of hydrogen-bond donors (Lipinski definition) is 2. The Kier molecular flexibility index (Phi) is 4.84. The lowest BCUT2D eigenvalue weighted by molar-refractivity contribution is 0.191. The number of hydrogen-bond acceptors (Lipinski definition) is 3. The van der Waals surface area contributed by atoms with Gasteiger partial charge >= 0.3 is 6.03 Å². The molecule has 2 rings (SSSR count). The van der Waals surface area contributed by atoms with E-state index in [4.69, 9.17) is 5.73 Å². The van der Waals surface area contributed by atoms with E-state index >= 15 is 0 Å². The van der Waals surface area contributed by atoms with Crippen molar-refractivity contribution in [1.82, 2.24) is 9.80 Å². The molecule has 1 unspecified atom stereocenters. The quantitative estimate of drug-likeness (QED) is 0.829. The molecule has 0 bridgehead atoms. The Balaban J connectivity index is 1.89. The zero-order valence-corrected chi connectivity index (χ0v) is 12.3. The first-order valence-electron chi connectivity index (χ1n) is 7.22. The normalized spacial score (nSPS) is 19.0. The van der Waals surface area contributed by atoms with Crippen molar-refractivity contribution in [3.05, 3.63) is 24.3 Å². The third kappa shape index (κ3) is 3.63. The van der Waals surface area contributed by atoms with E-state index in [2.05, 4.69) is 17.1 Å². The van der Waals surface area contributed by atoms with E-state index in [1.54, 1.807) is 17.0 Å². The molecule has 5 nitrogen and oxygen atoms in total. The highest BCUT2D eigenvalue weighted by Crippen LogP contribution is 2.18. The number of rotatable bonds is 4. The topological polar surface area (TPSA) is 61.6 Å². The number of urea groups is 1. The fourth-order valence-electron chi connectivity index (χ4n) is 2.75. The number of nitrogen functional groups attached to an aromatic ring is 1. The molecular weight excluding hydrogens is 252 g/mol. The van der Waals surface area contributed by atoms with Crippen LogP contribution in [0.1, 0.15) is 19.8 Å². The third-order valence-corrected chi connectivity index (χ3v) is 3.87. The van der Waals surface area contributed by atoms with Gasteiger partial charge in [-0.3, -0.25) is 4.90 Å². The molecule has 20 heavy (non-hydrogen) atoms. The average Bonchev–Trinajstić information content (AvgIpc) is 2.85. The van der Waals surface area contributed by atoms with Crippen LogP contribution in [-0.4, -0.2) is 48.6 Å². The fraction of sp³-hybridized carbons (Fsp3) is 0.533. The first kappa shape index (κ1) is 14.7. The molecule has 0 aromatic heterocycles. The Bertz CT molecular complexity index is 463. The molecule has 1 atom stereocenters. The van der Waals surface area contributed by atoms with E-state index in [1.807, 2.05) is 19.2 Å². The van der Waals surface area contributed by atoms with Gasteiger partial charge in [-0.1, -0.05) is 13.0 Å². The molecule has 1 fully saturated rings. The molecule has 1 aromatic rings. The van der Waals surface area contributed by atoms with E-state index in [9.17, 15) is 4.79 Å². The summed E-state index contributed by atoms with van der Waals surface area (Å²) in [6.07, 6.45) is 2.40. The van der Waals surface area contributed by atoms with Gasteiger partial charge in [-0.05, 0) is 44.1 Å². The molecule has 0 spiro atoms. The number of likely N-dealkylation sites (tertiary alicyclic amines) is 1. The van der Waals surface area contributed by atoms with E-state index in [0.29, 0.717) is 11.7 Å². The summed E-state index contributed by atoms with van der Waals surface area (Å²) < 4.78 is 0. The largest absolute Gasteiger partial charge is 0.399 e. The van der Waals surface area contributed by atoms with Crippen molar-refractivity contribution < 1.29 is 4.79 Å². The lowest BCUT2D eigenvalue weighted by Crippen LogP contribution is -2.42. The zero-order valence-electron chi connectivity index (χ0n) is 12.3. The highest BCUT2D eigenvalue weighted by molar-refractivity contribution is 5.89. The van der Waals surface area contributed by atoms with Gasteiger partial charge in [0.25, 0.3) is 0 Å². The molecule has 0 aliphatic carbocycles. The SMILES string of the molecule is CCN1CCCC1CN(C)C(=O)Nc1cccc(N)c1. The van der Waals surface area contributed by atoms with Crippen LogP contribution in [0.2, 0.25) is 0 Å². The number of anilines is 2. The van der Waals surface area contributed by atoms with Crippen molar-refractivity contribution in [3.63, 3.8) is 0 Å². The summed E-state index contributed by atoms with van der Waals surface area (Å²) >= 11 is 0. The highest BCUT2D eigenvalue weighted by atomic mass is 16.2. The predicted molar refractivity (Wildman–Crippen MR) is 82.8 cm³/mol. The number of carbonyl (C=O) groups excluding carboxylic acids is 1. The Labute approximate surface area is 120 Å². The second-order valence-corrected chi connectivity index (χ2v) is 5.36. The predicted octanol–water partition coefficient (Wildman–Crippen LogP) is 2.22. The van der Waals surface area contributed by atoms with Gasteiger partial charge in [0, 0.05) is 31.0 Å². The Morgan fingerprint density at radius 1 is 1.55 bits per heavy atom. The standard InChI is InChI=1S/C15H24N4O/c1-3-19-9-5-8-14(19)11-18(2)15(20)17-13-7-4-6-12(16)10-13/h4,6-7,10,14H,3,5,8-9,11,16H2,1-2H3,(H,17,20). The van der Waals surface area contributed by atoms with Crippen LogP contribution in [0.15, 0.2) is 24.3 Å². The molecular formula is C15H24N4O. The van der Waals surface area contributed by atoms with Gasteiger partial charge in [0.2, 0.25) is 0 Å². The second-order valence-electron chi connectivity index (χ2n) is 5.36. The smallest absolute Gasteiger partial charge is 0.321 e. The van der Waals surface area contributed by atoms with Crippen LogP contribution < -0.4 is 11.1 Å². The van der Waals surface area contributed by atoms with Gasteiger partial charge in [0.15, 0.2) is 0 Å². The van der Waals surface area contributed by atoms with Crippen molar-refractivity contribution in [2.75, 3.05) is 37.7 Å². The summed E-state index contributed by atoms with van der Waals surface area (Å²) in [4.78, 5) is 16.3. The summed E-state index contributed by atoms with van der Waals surface area (Å²) in [5, 5.41) is 2.88. The minimum atomic E-state index is -0.0847. The third-order valence-electron chi connectivity index (χ3n) is 3.87. The van der Waals surface area contributed by atoms with Gasteiger partial charge in [0.05, 0.1) is 0 Å². The first-order chi connectivity index (χ1) is 9.60. The molecule has 1 aliphatic rings. The minimum absolute atomic E-state index is 0.0847. The van der Waals surface area contributed by atoms with Crippen LogP contribution in [0.4, 0.5) is 16.2 Å². The number of amides is 2. The van der Waals surface area contributed by atoms with Gasteiger partial charge < -0.3 is 16.0 Å². The maximum Gasteiger partial charge on any atom is 0.321 e. The maximum absolute atomic E-state index is 12.2. The number of likely N-dealkylation sites (N-methyl/N-ethyl adjacent to an activating group) is 2. The Morgan fingerprint density at radius 2 is 2.35 bits per heavy atom. The Hall–Kier alpha value is -1.75. The summed E-state index contributed by atoms with van der Waals surface area (Å²) in [5.41, 5.74) is 7.10. The maximum atomic E-state index is 12.2. The van der Waals surface area contributed by atoms with Gasteiger partial charge in [-0.15, -0.1) is 0 Å². The second kappa shape index (κ2) is 6.61. The molecule has 110 valence electrons. The monoisotopic (exact) mass is 276 g/mol. The van der Waals surface area contributed by atoms with Crippen molar-refractivity contribution in [1.29, 1.82) is 0 Å². The Morgan fingerprint density at radius 3 is 3.05 bits per heavy atom. The summed E-state index contributed by atoms with van der Waals surface area (Å²) in [6, 6.07) is 7.64. The van der Waals surface area contributed by atoms with E-state index in [1.165, 1.54) is 12.8 Å². The molecule has 2 amide bonds. The molecule has 0 saturated carbocycles. The van der Waals surface area contributed by atoms with Crippen molar-refractivity contribution in [2.45, 2.75) is 25.8 Å². The van der Waals surface area contributed by atoms with Gasteiger partial charge in [-0.2, -0.15) is 0 Å². The number of nitrogens with two attached hydrogens (primary N) is 1. The van der Waals surface area contributed by atoms with E-state index in [-0.39, 0.29) is 6.03 Å². The molecule has 1 saturated heterocycles. The number of nitrogens with zero attached hydrogens (tertiary/aromatic N) is 2. The summed E-state index contributed by atoms with van der Waals surface area (Å²) in [5.74, 6) is 0. The van der Waals surface area contributed by atoms with Gasteiger partial charge in [0.1, 0.15) is 0 Å². The van der Waals surface area contributed by atoms with E-state index in [0.717, 1.165) is 25.3 Å². The zero-order chi connectivity index (χ0) is 14.5. The number of benzene rings is 1. The summed E-state index contributed by atoms with van der Waals surface area (Å²) in [6.45, 7) is 5.13. The van der Waals surface area contributed by atoms with Crippen LogP contribution in [0.5, 0.6) is 0 Å². The van der Waals surface area contributed by atoms with Crippen LogP contribution >= 0.6 is 0 Å². The average molecular weight is 276 g/mol. The van der Waals surface area contributed by atoms with Crippen molar-refractivity contribution in [3.8, 4) is 0 Å².